The third kappa shape index (κ3) is 3.10. The Morgan fingerprint density at radius 1 is 1.31 bits per heavy atom. The van der Waals surface area contributed by atoms with E-state index in [0.717, 1.165) is 17.2 Å². The molecule has 0 aromatic heterocycles. The van der Waals surface area contributed by atoms with E-state index in [2.05, 4.69) is 20.7 Å². The van der Waals surface area contributed by atoms with Gasteiger partial charge in [-0.05, 0) is 49.4 Å². The molecule has 0 spiro atoms. The van der Waals surface area contributed by atoms with E-state index in [9.17, 15) is 24.5 Å². The van der Waals surface area contributed by atoms with Crippen molar-refractivity contribution in [2.24, 2.45) is 17.8 Å². The zero-order valence-corrected chi connectivity index (χ0v) is 17.4. The molecule has 8 nitrogen and oxygen atoms in total. The minimum Gasteiger partial charge on any atom is -0.508 e. The van der Waals surface area contributed by atoms with Crippen LogP contribution in [0.4, 0.5) is 4.79 Å². The van der Waals surface area contributed by atoms with Crippen molar-refractivity contribution in [3.05, 3.63) is 39.3 Å². The van der Waals surface area contributed by atoms with Gasteiger partial charge in [-0.25, -0.2) is 4.79 Å². The summed E-state index contributed by atoms with van der Waals surface area (Å²) < 4.78 is 11.1. The topological polar surface area (TPSA) is 113 Å². The van der Waals surface area contributed by atoms with E-state index in [-0.39, 0.29) is 18.6 Å². The number of methoxy groups -OCH3 is 1. The second kappa shape index (κ2) is 7.26. The maximum Gasteiger partial charge on any atom is 0.487 e. The molecule has 1 aromatic carbocycles. The van der Waals surface area contributed by atoms with Gasteiger partial charge in [0.15, 0.2) is 0 Å². The summed E-state index contributed by atoms with van der Waals surface area (Å²) in [7, 11) is -0.155. The molecule has 2 fully saturated rings. The van der Waals surface area contributed by atoms with Crippen molar-refractivity contribution in [1.82, 2.24) is 4.90 Å². The van der Waals surface area contributed by atoms with Crippen LogP contribution >= 0.6 is 15.9 Å². The second-order valence-electron chi connectivity index (χ2n) is 7.58. The fourth-order valence-electron chi connectivity index (χ4n) is 4.81. The number of benzene rings is 1. The number of fused-ring (bicyclic) bond motifs is 3. The van der Waals surface area contributed by atoms with E-state index < -0.39 is 48.9 Å². The molecule has 29 heavy (non-hydrogen) atoms. The molecule has 4 rings (SSSR count). The van der Waals surface area contributed by atoms with Crippen molar-refractivity contribution >= 4 is 41.0 Å². The number of halogens is 1. The highest BCUT2D eigenvalue weighted by Crippen LogP contribution is 2.52. The normalized spacial score (nSPS) is 29.1. The Kier molecular flexibility index (Phi) is 5.04. The number of allylic oxidation sites excluding steroid dienone is 2. The van der Waals surface area contributed by atoms with E-state index in [4.69, 9.17) is 4.65 Å². The molecule has 10 heteroatoms. The number of carbonyl (C=O) groups excluding carboxylic acids is 3. The van der Waals surface area contributed by atoms with Gasteiger partial charge < -0.3 is 19.5 Å². The van der Waals surface area contributed by atoms with Gasteiger partial charge in [0, 0.05) is 10.0 Å². The van der Waals surface area contributed by atoms with Crippen LogP contribution in [-0.4, -0.2) is 47.2 Å². The summed E-state index contributed by atoms with van der Waals surface area (Å²) in [6.07, 6.45) is -1.13. The van der Waals surface area contributed by atoms with Gasteiger partial charge in [-0.3, -0.25) is 9.59 Å². The quantitative estimate of drug-likeness (QED) is 0.485. The second-order valence-corrected chi connectivity index (χ2v) is 8.49. The maximum atomic E-state index is 13.0. The number of rotatable bonds is 1. The van der Waals surface area contributed by atoms with Crippen LogP contribution in [-0.2, 0) is 19.0 Å². The average Bonchev–Trinajstić information content (AvgIpc) is 2.93. The van der Waals surface area contributed by atoms with Crippen LogP contribution in [0, 0.1) is 17.8 Å². The third-order valence-corrected chi connectivity index (χ3v) is 6.54. The number of phenolic OH excluding ortho intramolecular Hbond substituents is 1. The van der Waals surface area contributed by atoms with Crippen molar-refractivity contribution in [2.75, 3.05) is 7.11 Å². The molecular formula is C19H19BBrNO7. The molecule has 2 saturated heterocycles. The zero-order chi connectivity index (χ0) is 21.0. The Bertz CT molecular complexity index is 948. The van der Waals surface area contributed by atoms with Crippen molar-refractivity contribution in [1.29, 1.82) is 0 Å². The van der Waals surface area contributed by atoms with Gasteiger partial charge in [-0.1, -0.05) is 21.5 Å². The first-order valence-electron chi connectivity index (χ1n) is 9.21. The fraction of sp³-hybridized carbons (Fsp3) is 0.421. The molecule has 0 unspecified atom stereocenters. The van der Waals surface area contributed by atoms with E-state index in [1.807, 2.05) is 0 Å². The molecule has 152 valence electrons. The van der Waals surface area contributed by atoms with Gasteiger partial charge in [0.1, 0.15) is 5.75 Å². The molecule has 1 aliphatic carbocycles. The SMILES string of the molecule is COC(=O)N1C(=O)[C@H]2[C@H](CC(C)=C3B(O)O[C@H](c4cc(Br)ccc4O)C[C@H]32)C1=O. The molecule has 0 bridgehead atoms. The first-order chi connectivity index (χ1) is 13.7. The summed E-state index contributed by atoms with van der Waals surface area (Å²) >= 11 is 3.36. The molecule has 0 saturated carbocycles. The maximum absolute atomic E-state index is 13.0. The van der Waals surface area contributed by atoms with Crippen molar-refractivity contribution < 1.29 is 33.9 Å². The minimum atomic E-state index is -1.27. The molecule has 3 amide bonds. The summed E-state index contributed by atoms with van der Waals surface area (Å²) in [4.78, 5) is 38.3. The standard InChI is InChI=1S/C19H19BBrNO7/c1-8-5-12-15(18(25)22(17(12)24)19(26)28-2)11-7-14(29-20(27)16(8)11)10-6-9(21)3-4-13(10)23/h3-4,6,11-12,14-15,23,27H,5,7H2,1-2H3/t11-,12-,14-,15+/m0/s1. The Morgan fingerprint density at radius 2 is 2.03 bits per heavy atom. The molecule has 0 radical (unpaired) electrons. The summed E-state index contributed by atoms with van der Waals surface area (Å²) in [5, 5.41) is 20.9. The predicted molar refractivity (Wildman–Crippen MR) is 104 cm³/mol. The van der Waals surface area contributed by atoms with Crippen LogP contribution in [0.5, 0.6) is 5.75 Å². The number of likely N-dealkylation sites (tertiary alicyclic amines) is 1. The van der Waals surface area contributed by atoms with Gasteiger partial charge in [0.05, 0.1) is 25.0 Å². The third-order valence-electron chi connectivity index (χ3n) is 6.05. The lowest BCUT2D eigenvalue weighted by atomic mass is 9.55. The van der Waals surface area contributed by atoms with E-state index in [0.29, 0.717) is 15.9 Å². The number of hydrogen-bond donors (Lipinski definition) is 2. The number of carbonyl (C=O) groups is 3. The summed E-state index contributed by atoms with van der Waals surface area (Å²) in [6, 6.07) is 4.88. The number of nitrogens with zero attached hydrogens (tertiary/aromatic N) is 1. The Hall–Kier alpha value is -2.17. The molecule has 4 atom stereocenters. The van der Waals surface area contributed by atoms with E-state index in [1.165, 1.54) is 6.07 Å². The first kappa shape index (κ1) is 20.1. The molecule has 2 heterocycles. The van der Waals surface area contributed by atoms with Crippen molar-refractivity contribution in [2.45, 2.75) is 25.9 Å². The molecule has 3 aliphatic rings. The molecule has 2 aliphatic heterocycles. The number of imide groups is 3. The van der Waals surface area contributed by atoms with Crippen LogP contribution < -0.4 is 0 Å². The van der Waals surface area contributed by atoms with Crippen LogP contribution in [0.3, 0.4) is 0 Å². The lowest BCUT2D eigenvalue weighted by Crippen LogP contribution is -2.44. The number of hydrogen-bond acceptors (Lipinski definition) is 7. The molecule has 2 N–H and O–H groups in total. The van der Waals surface area contributed by atoms with Crippen LogP contribution in [0.15, 0.2) is 33.7 Å². The number of aromatic hydroxyl groups is 1. The monoisotopic (exact) mass is 463 g/mol. The van der Waals surface area contributed by atoms with E-state index >= 15 is 0 Å². The summed E-state index contributed by atoms with van der Waals surface area (Å²) in [6.45, 7) is 1.79. The van der Waals surface area contributed by atoms with Crippen molar-refractivity contribution in [3.8, 4) is 5.75 Å². The minimum absolute atomic E-state index is 0.00641. The smallest absolute Gasteiger partial charge is 0.487 e. The van der Waals surface area contributed by atoms with Gasteiger partial charge in [0.2, 0.25) is 11.8 Å². The van der Waals surface area contributed by atoms with Crippen LogP contribution in [0.2, 0.25) is 0 Å². The van der Waals surface area contributed by atoms with Crippen LogP contribution in [0.1, 0.15) is 31.4 Å². The number of amides is 3. The summed E-state index contributed by atoms with van der Waals surface area (Å²) in [5.41, 5.74) is 1.82. The van der Waals surface area contributed by atoms with Gasteiger partial charge in [0.25, 0.3) is 0 Å². The highest BCUT2D eigenvalue weighted by Gasteiger charge is 2.59. The number of ether oxygens (including phenoxy) is 1. The Morgan fingerprint density at radius 3 is 2.72 bits per heavy atom. The Balaban J connectivity index is 1.74. The van der Waals surface area contributed by atoms with Crippen LogP contribution in [0.25, 0.3) is 0 Å². The highest BCUT2D eigenvalue weighted by atomic mass is 79.9. The predicted octanol–water partition coefficient (Wildman–Crippen LogP) is 2.34. The highest BCUT2D eigenvalue weighted by molar-refractivity contribution is 9.10. The average molecular weight is 464 g/mol. The Labute approximate surface area is 175 Å². The zero-order valence-electron chi connectivity index (χ0n) is 15.8. The summed E-state index contributed by atoms with van der Waals surface area (Å²) in [5.74, 6) is -3.15. The number of phenols is 1. The van der Waals surface area contributed by atoms with Crippen molar-refractivity contribution in [3.63, 3.8) is 0 Å². The molecular weight excluding hydrogens is 445 g/mol. The van der Waals surface area contributed by atoms with Gasteiger partial charge in [-0.2, -0.15) is 4.90 Å². The largest absolute Gasteiger partial charge is 0.508 e. The van der Waals surface area contributed by atoms with Gasteiger partial charge >= 0.3 is 13.2 Å². The first-order valence-corrected chi connectivity index (χ1v) is 10.0. The molecule has 1 aromatic rings. The lowest BCUT2D eigenvalue weighted by molar-refractivity contribution is -0.137. The van der Waals surface area contributed by atoms with E-state index in [1.54, 1.807) is 19.1 Å². The van der Waals surface area contributed by atoms with Gasteiger partial charge in [-0.15, -0.1) is 0 Å². The lowest BCUT2D eigenvalue weighted by Gasteiger charge is -2.41. The fourth-order valence-corrected chi connectivity index (χ4v) is 5.19.